The molecule has 0 saturated heterocycles. The fourth-order valence-electron chi connectivity index (χ4n) is 5.66. The zero-order valence-corrected chi connectivity index (χ0v) is 51.5. The number of amides is 6. The van der Waals surface area contributed by atoms with Crippen LogP contribution in [0.5, 0.6) is 0 Å². The minimum atomic E-state index is -1.36. The molecule has 0 aliphatic rings. The highest BCUT2D eigenvalue weighted by atomic mass is 127. The Morgan fingerprint density at radius 2 is 0.771 bits per heavy atom. The van der Waals surface area contributed by atoms with E-state index in [4.69, 9.17) is 29.2 Å². The molecule has 70 heavy (non-hydrogen) atoms. The SMILES string of the molecule is CC(O)C(=O)Nc1c(I)c(C(=O)NCC(O)CO)c(I)c(C(=O)N(C)CCCOCCOCCOCCOCCCN(C)C(=O)c2c(I)c(NC(=O)C(C)O)c(I)c(C(=O)NCC(O)CO)c2I)c1I. The molecule has 6 amide bonds. The fraction of sp³-hybridized carbons (Fsp3) is 0.571. The van der Waals surface area contributed by atoms with Gasteiger partial charge in [-0.3, -0.25) is 28.8 Å². The van der Waals surface area contributed by atoms with E-state index in [-0.39, 0.29) is 46.7 Å². The highest BCUT2D eigenvalue weighted by Gasteiger charge is 2.32. The number of carbonyl (C=O) groups is 6. The van der Waals surface area contributed by atoms with E-state index in [0.29, 0.717) is 100 Å². The van der Waals surface area contributed by atoms with Crippen molar-refractivity contribution in [3.8, 4) is 0 Å². The van der Waals surface area contributed by atoms with Crippen molar-refractivity contribution >= 4 is 182 Å². The van der Waals surface area contributed by atoms with Crippen LogP contribution < -0.4 is 21.3 Å². The van der Waals surface area contributed by atoms with Crippen LogP contribution in [0.2, 0.25) is 0 Å². The molecule has 4 atom stereocenters. The summed E-state index contributed by atoms with van der Waals surface area (Å²) >= 11 is 11.4. The topological polar surface area (TPSA) is 315 Å². The zero-order valence-electron chi connectivity index (χ0n) is 38.6. The summed E-state index contributed by atoms with van der Waals surface area (Å²) in [4.78, 5) is 82.0. The molecule has 0 aliphatic heterocycles. The lowest BCUT2D eigenvalue weighted by molar-refractivity contribution is -0.123. The Balaban J connectivity index is 1.78. The largest absolute Gasteiger partial charge is 0.394 e. The molecule has 0 aliphatic carbocycles. The van der Waals surface area contributed by atoms with Gasteiger partial charge in [-0.25, -0.2) is 0 Å². The van der Waals surface area contributed by atoms with Crippen LogP contribution in [0.15, 0.2) is 0 Å². The van der Waals surface area contributed by atoms with Gasteiger partial charge in [-0.1, -0.05) is 0 Å². The Morgan fingerprint density at radius 3 is 1.06 bits per heavy atom. The van der Waals surface area contributed by atoms with Crippen molar-refractivity contribution in [2.75, 3.05) is 117 Å². The molecule has 0 heterocycles. The van der Waals surface area contributed by atoms with Crippen molar-refractivity contribution in [2.45, 2.75) is 51.1 Å². The summed E-state index contributed by atoms with van der Waals surface area (Å²) < 4.78 is 24.5. The summed E-state index contributed by atoms with van der Waals surface area (Å²) in [6.07, 6.45) is -4.16. The number of carbonyl (C=O) groups excluding carboxylic acids is 6. The molecule has 0 aromatic heterocycles. The van der Waals surface area contributed by atoms with Crippen LogP contribution in [0.25, 0.3) is 0 Å². The van der Waals surface area contributed by atoms with E-state index in [1.807, 2.05) is 136 Å². The van der Waals surface area contributed by atoms with Gasteiger partial charge < -0.3 is 80.7 Å². The second kappa shape index (κ2) is 34.0. The van der Waals surface area contributed by atoms with Crippen LogP contribution in [0.4, 0.5) is 11.4 Å². The number of aliphatic hydroxyl groups is 6. The average Bonchev–Trinajstić information content (AvgIpc) is 3.31. The molecular weight excluding hydrogens is 1610 g/mol. The highest BCUT2D eigenvalue weighted by molar-refractivity contribution is 14.1. The lowest BCUT2D eigenvalue weighted by Gasteiger charge is -2.23. The predicted octanol–water partition coefficient (Wildman–Crippen LogP) is 1.81. The average molecular weight is 1660 g/mol. The molecule has 10 N–H and O–H groups in total. The summed E-state index contributed by atoms with van der Waals surface area (Å²) in [7, 11) is 3.20. The number of ether oxygens (including phenoxy) is 4. The third-order valence-electron chi connectivity index (χ3n) is 9.56. The number of benzene rings is 2. The molecule has 0 radical (unpaired) electrons. The predicted molar refractivity (Wildman–Crippen MR) is 307 cm³/mol. The van der Waals surface area contributed by atoms with E-state index in [1.165, 1.54) is 23.6 Å². The van der Waals surface area contributed by atoms with Crippen molar-refractivity contribution in [3.05, 3.63) is 43.7 Å². The Bertz CT molecular complexity index is 1980. The Morgan fingerprint density at radius 1 is 0.486 bits per heavy atom. The minimum absolute atomic E-state index is 0.0882. The Kier molecular flexibility index (Phi) is 31.8. The van der Waals surface area contributed by atoms with Crippen molar-refractivity contribution in [2.24, 2.45) is 0 Å². The number of halogens is 6. The van der Waals surface area contributed by atoms with Gasteiger partial charge in [-0.15, -0.1) is 0 Å². The zero-order chi connectivity index (χ0) is 52.8. The Labute approximate surface area is 487 Å². The van der Waals surface area contributed by atoms with Crippen LogP contribution in [-0.4, -0.2) is 207 Å². The first-order valence-corrected chi connectivity index (χ1v) is 27.9. The van der Waals surface area contributed by atoms with Gasteiger partial charge in [0.15, 0.2) is 0 Å². The van der Waals surface area contributed by atoms with Crippen LogP contribution >= 0.6 is 136 Å². The second-order valence-corrected chi connectivity index (χ2v) is 21.6. The quantitative estimate of drug-likeness (QED) is 0.0380. The molecule has 28 heteroatoms. The number of anilines is 2. The van der Waals surface area contributed by atoms with Crippen LogP contribution in [-0.2, 0) is 28.5 Å². The van der Waals surface area contributed by atoms with Gasteiger partial charge in [0, 0.05) is 60.6 Å². The monoisotopic (exact) mass is 1660 g/mol. The first kappa shape index (κ1) is 65.4. The number of nitrogens with zero attached hydrogens (tertiary/aromatic N) is 2. The number of nitrogens with one attached hydrogen (secondary N) is 4. The number of rotatable bonds is 31. The van der Waals surface area contributed by atoms with Gasteiger partial charge >= 0.3 is 0 Å². The maximum Gasteiger partial charge on any atom is 0.255 e. The first-order chi connectivity index (χ1) is 33.0. The van der Waals surface area contributed by atoms with Crippen molar-refractivity contribution in [3.63, 3.8) is 0 Å². The molecule has 2 rings (SSSR count). The minimum Gasteiger partial charge on any atom is -0.394 e. The van der Waals surface area contributed by atoms with Gasteiger partial charge in [0.1, 0.15) is 12.2 Å². The van der Waals surface area contributed by atoms with E-state index in [0.717, 1.165) is 0 Å². The Hall–Kier alpha value is -0.760. The maximum atomic E-state index is 13.8. The summed E-state index contributed by atoms with van der Waals surface area (Å²) in [5.74, 6) is -3.56. The summed E-state index contributed by atoms with van der Waals surface area (Å²) in [5.41, 5.74) is 0.871. The molecule has 0 spiro atoms. The fourth-order valence-corrected chi connectivity index (χ4v) is 14.4. The molecule has 4 unspecified atom stereocenters. The number of hydrogen-bond donors (Lipinski definition) is 10. The molecular formula is C42H58I6N6O16. The van der Waals surface area contributed by atoms with Crippen molar-refractivity contribution in [1.29, 1.82) is 0 Å². The first-order valence-electron chi connectivity index (χ1n) is 21.4. The van der Waals surface area contributed by atoms with Crippen molar-refractivity contribution in [1.82, 2.24) is 20.4 Å². The molecule has 0 bridgehead atoms. The van der Waals surface area contributed by atoms with Gasteiger partial charge in [-0.2, -0.15) is 0 Å². The van der Waals surface area contributed by atoms with E-state index in [1.54, 1.807) is 14.1 Å². The lowest BCUT2D eigenvalue weighted by Crippen LogP contribution is -2.36. The molecule has 394 valence electrons. The smallest absolute Gasteiger partial charge is 0.255 e. The van der Waals surface area contributed by atoms with E-state index in [2.05, 4.69) is 21.3 Å². The van der Waals surface area contributed by atoms with Gasteiger partial charge in [0.2, 0.25) is 0 Å². The maximum absolute atomic E-state index is 13.8. The number of aliphatic hydroxyl groups excluding tert-OH is 6. The molecule has 0 saturated carbocycles. The highest BCUT2D eigenvalue weighted by Crippen LogP contribution is 2.38. The van der Waals surface area contributed by atoms with Gasteiger partial charge in [0.25, 0.3) is 35.4 Å². The van der Waals surface area contributed by atoms with Crippen LogP contribution in [0, 0.1) is 21.4 Å². The van der Waals surface area contributed by atoms with Crippen molar-refractivity contribution < 1.29 is 78.4 Å². The lowest BCUT2D eigenvalue weighted by atomic mass is 10.1. The van der Waals surface area contributed by atoms with E-state index < -0.39 is 73.1 Å². The summed E-state index contributed by atoms with van der Waals surface area (Å²) in [5, 5.41) is 67.8. The normalized spacial score (nSPS) is 13.0. The molecule has 2 aromatic rings. The standard InChI is InChI=1S/C42H58I6N6O16/c1-21(57)37(61)51-35-31(45)25(39(63)49-17-23(59)19-55)29(43)27(33(35)47)41(65)53(3)7-5-9-67-11-13-69-15-16-70-14-12-68-10-6-8-54(4)42(66)28-30(44)26(40(64)50-18-24(60)20-56)32(46)36(34(28)48)52-38(62)22(2)58/h21-24,55-60H,5-20H2,1-4H3,(H,49,63)(H,50,64)(H,51,61)(H,52,62). The molecule has 0 fully saturated rings. The summed E-state index contributed by atoms with van der Waals surface area (Å²) in [6, 6.07) is 0. The van der Waals surface area contributed by atoms with E-state index in [9.17, 15) is 49.2 Å². The molecule has 2 aromatic carbocycles. The van der Waals surface area contributed by atoms with Crippen LogP contribution in [0.1, 0.15) is 68.1 Å². The van der Waals surface area contributed by atoms with Gasteiger partial charge in [-0.05, 0) is 162 Å². The third-order valence-corrected chi connectivity index (χ3v) is 16.0. The summed E-state index contributed by atoms with van der Waals surface area (Å²) in [6.45, 7) is 4.04. The number of hydrogen-bond acceptors (Lipinski definition) is 16. The van der Waals surface area contributed by atoms with Gasteiger partial charge in [0.05, 0.1) is 113 Å². The third kappa shape index (κ3) is 20.4. The molecule has 22 nitrogen and oxygen atoms in total. The van der Waals surface area contributed by atoms with E-state index >= 15 is 0 Å². The second-order valence-electron chi connectivity index (χ2n) is 15.2. The van der Waals surface area contributed by atoms with Crippen LogP contribution in [0.3, 0.4) is 0 Å².